The molecule has 0 unspecified atom stereocenters. The van der Waals surface area contributed by atoms with E-state index in [9.17, 15) is 5.11 Å². The van der Waals surface area contributed by atoms with Crippen molar-refractivity contribution in [3.63, 3.8) is 0 Å². The molecule has 12 heavy (non-hydrogen) atoms. The molecule has 0 amide bonds. The lowest BCUT2D eigenvalue weighted by Gasteiger charge is -2.46. The van der Waals surface area contributed by atoms with Crippen LogP contribution in [0.1, 0.15) is 6.42 Å². The standard InChI is InChI=1S/C8H13N3O/c12-6-3-8(4-9-5-8)11-2-1-10-7(6)11/h9-10,12H,1-5H2. The molecular weight excluding hydrogens is 154 g/mol. The summed E-state index contributed by atoms with van der Waals surface area (Å²) in [6.45, 7) is 4.05. The maximum Gasteiger partial charge on any atom is 0.141 e. The first-order valence-corrected chi connectivity index (χ1v) is 4.46. The summed E-state index contributed by atoms with van der Waals surface area (Å²) in [6, 6.07) is 0. The van der Waals surface area contributed by atoms with Crippen molar-refractivity contribution in [2.24, 2.45) is 0 Å². The highest BCUT2D eigenvalue weighted by molar-refractivity contribution is 5.27. The summed E-state index contributed by atoms with van der Waals surface area (Å²) in [5.74, 6) is 1.53. The van der Waals surface area contributed by atoms with E-state index in [-0.39, 0.29) is 5.54 Å². The van der Waals surface area contributed by atoms with Crippen molar-refractivity contribution in [3.8, 4) is 0 Å². The Kier molecular flexibility index (Phi) is 1.03. The van der Waals surface area contributed by atoms with E-state index in [1.165, 1.54) is 0 Å². The van der Waals surface area contributed by atoms with E-state index in [0.29, 0.717) is 5.76 Å². The van der Waals surface area contributed by atoms with Gasteiger partial charge in [-0.1, -0.05) is 0 Å². The third-order valence-electron chi connectivity index (χ3n) is 3.15. The first-order chi connectivity index (χ1) is 5.82. The fourth-order valence-corrected chi connectivity index (χ4v) is 2.45. The van der Waals surface area contributed by atoms with Crippen LogP contribution in [0.3, 0.4) is 0 Å². The Morgan fingerprint density at radius 3 is 2.92 bits per heavy atom. The summed E-state index contributed by atoms with van der Waals surface area (Å²) in [7, 11) is 0. The summed E-state index contributed by atoms with van der Waals surface area (Å²) in [5.41, 5.74) is 0.225. The van der Waals surface area contributed by atoms with Crippen LogP contribution in [0.4, 0.5) is 0 Å². The van der Waals surface area contributed by atoms with Crippen LogP contribution < -0.4 is 10.6 Å². The zero-order valence-electron chi connectivity index (χ0n) is 6.93. The van der Waals surface area contributed by atoms with Crippen LogP contribution in [0, 0.1) is 0 Å². The van der Waals surface area contributed by atoms with E-state index in [0.717, 1.165) is 38.4 Å². The van der Waals surface area contributed by atoms with Crippen molar-refractivity contribution in [2.75, 3.05) is 26.2 Å². The van der Waals surface area contributed by atoms with Gasteiger partial charge in [0.1, 0.15) is 11.6 Å². The minimum Gasteiger partial charge on any atom is -0.508 e. The Bertz CT molecular complexity index is 257. The molecule has 0 aromatic heterocycles. The largest absolute Gasteiger partial charge is 0.508 e. The van der Waals surface area contributed by atoms with Crippen LogP contribution in [0.25, 0.3) is 0 Å². The molecule has 0 aliphatic carbocycles. The van der Waals surface area contributed by atoms with Crippen molar-refractivity contribution in [1.29, 1.82) is 0 Å². The minimum atomic E-state index is 0.225. The van der Waals surface area contributed by atoms with Gasteiger partial charge in [0.15, 0.2) is 0 Å². The predicted octanol–water partition coefficient (Wildman–Crippen LogP) is -0.636. The Morgan fingerprint density at radius 2 is 2.25 bits per heavy atom. The maximum absolute atomic E-state index is 9.65. The molecule has 0 aromatic carbocycles. The summed E-state index contributed by atoms with van der Waals surface area (Å²) < 4.78 is 0. The number of nitrogens with one attached hydrogen (secondary N) is 2. The van der Waals surface area contributed by atoms with Crippen LogP contribution in [-0.2, 0) is 0 Å². The second-order valence-electron chi connectivity index (χ2n) is 3.88. The third-order valence-corrected chi connectivity index (χ3v) is 3.15. The van der Waals surface area contributed by atoms with Gasteiger partial charge in [0.25, 0.3) is 0 Å². The zero-order chi connectivity index (χ0) is 8.18. The Labute approximate surface area is 71.2 Å². The minimum absolute atomic E-state index is 0.225. The number of aliphatic hydroxyl groups excluding tert-OH is 1. The van der Waals surface area contributed by atoms with Gasteiger partial charge in [-0.25, -0.2) is 0 Å². The lowest BCUT2D eigenvalue weighted by atomic mass is 9.89. The molecule has 3 rings (SSSR count). The topological polar surface area (TPSA) is 47.5 Å². The zero-order valence-corrected chi connectivity index (χ0v) is 6.93. The fraction of sp³-hybridized carbons (Fsp3) is 0.750. The first-order valence-electron chi connectivity index (χ1n) is 4.46. The normalized spacial score (nSPS) is 30.5. The highest BCUT2D eigenvalue weighted by Crippen LogP contribution is 2.38. The molecule has 0 aromatic rings. The van der Waals surface area contributed by atoms with E-state index in [4.69, 9.17) is 0 Å². The van der Waals surface area contributed by atoms with Crippen molar-refractivity contribution < 1.29 is 5.11 Å². The van der Waals surface area contributed by atoms with Crippen molar-refractivity contribution in [2.45, 2.75) is 12.0 Å². The van der Waals surface area contributed by atoms with Crippen LogP contribution in [-0.4, -0.2) is 41.7 Å². The molecule has 3 aliphatic heterocycles. The molecular formula is C8H13N3O. The molecule has 0 radical (unpaired) electrons. The third kappa shape index (κ3) is 0.579. The first kappa shape index (κ1) is 6.60. The maximum atomic E-state index is 9.65. The Balaban J connectivity index is 1.96. The molecule has 4 heteroatoms. The molecule has 3 N–H and O–H groups in total. The van der Waals surface area contributed by atoms with Gasteiger partial charge in [-0.2, -0.15) is 0 Å². The van der Waals surface area contributed by atoms with E-state index in [2.05, 4.69) is 15.5 Å². The van der Waals surface area contributed by atoms with E-state index in [1.54, 1.807) is 0 Å². The average molecular weight is 167 g/mol. The molecule has 3 aliphatic rings. The Hall–Kier alpha value is -0.900. The van der Waals surface area contributed by atoms with Gasteiger partial charge < -0.3 is 20.6 Å². The number of nitrogens with zero attached hydrogens (tertiary/aromatic N) is 1. The van der Waals surface area contributed by atoms with Crippen molar-refractivity contribution >= 4 is 0 Å². The molecule has 4 nitrogen and oxygen atoms in total. The van der Waals surface area contributed by atoms with E-state index in [1.807, 2.05) is 0 Å². The van der Waals surface area contributed by atoms with Gasteiger partial charge in [0, 0.05) is 32.6 Å². The van der Waals surface area contributed by atoms with Gasteiger partial charge in [0.2, 0.25) is 0 Å². The quantitative estimate of drug-likeness (QED) is 0.449. The van der Waals surface area contributed by atoms with E-state index >= 15 is 0 Å². The second-order valence-corrected chi connectivity index (χ2v) is 3.88. The number of rotatable bonds is 0. The summed E-state index contributed by atoms with van der Waals surface area (Å²) >= 11 is 0. The number of hydrogen-bond donors (Lipinski definition) is 3. The van der Waals surface area contributed by atoms with Crippen LogP contribution in [0.5, 0.6) is 0 Å². The number of aliphatic hydroxyl groups is 1. The van der Waals surface area contributed by atoms with Crippen LogP contribution >= 0.6 is 0 Å². The summed E-state index contributed by atoms with van der Waals surface area (Å²) in [4.78, 5) is 2.32. The molecule has 2 fully saturated rings. The fourth-order valence-electron chi connectivity index (χ4n) is 2.45. The summed E-state index contributed by atoms with van der Waals surface area (Å²) in [6.07, 6.45) is 0.822. The average Bonchev–Trinajstić information content (AvgIpc) is 2.49. The van der Waals surface area contributed by atoms with Gasteiger partial charge in [-0.3, -0.25) is 0 Å². The molecule has 0 bridgehead atoms. The smallest absolute Gasteiger partial charge is 0.141 e. The molecule has 0 saturated carbocycles. The predicted molar refractivity (Wildman–Crippen MR) is 44.6 cm³/mol. The molecule has 0 atom stereocenters. The lowest BCUT2D eigenvalue weighted by Crippen LogP contribution is -2.66. The van der Waals surface area contributed by atoms with E-state index < -0.39 is 0 Å². The molecule has 66 valence electrons. The van der Waals surface area contributed by atoms with Crippen LogP contribution in [0.2, 0.25) is 0 Å². The highest BCUT2D eigenvalue weighted by atomic mass is 16.3. The summed E-state index contributed by atoms with van der Waals surface area (Å²) in [5, 5.41) is 16.1. The van der Waals surface area contributed by atoms with Gasteiger partial charge >= 0.3 is 0 Å². The van der Waals surface area contributed by atoms with Gasteiger partial charge in [-0.05, 0) is 0 Å². The molecule has 1 spiro atoms. The SMILES string of the molecule is OC1=C2NCCN2C2(CNC2)C1. The number of hydrogen-bond acceptors (Lipinski definition) is 4. The second kappa shape index (κ2) is 1.88. The van der Waals surface area contributed by atoms with Gasteiger partial charge in [0.05, 0.1) is 5.54 Å². The monoisotopic (exact) mass is 167 g/mol. The van der Waals surface area contributed by atoms with Crippen molar-refractivity contribution in [1.82, 2.24) is 15.5 Å². The van der Waals surface area contributed by atoms with Crippen molar-refractivity contribution in [3.05, 3.63) is 11.6 Å². The lowest BCUT2D eigenvalue weighted by molar-refractivity contribution is 0.101. The molecule has 3 heterocycles. The van der Waals surface area contributed by atoms with Crippen LogP contribution in [0.15, 0.2) is 11.6 Å². The van der Waals surface area contributed by atoms with Gasteiger partial charge in [-0.15, -0.1) is 0 Å². The molecule has 2 saturated heterocycles. The number of fused-ring (bicyclic) bond motifs is 2. The Morgan fingerprint density at radius 1 is 1.42 bits per heavy atom. The highest BCUT2D eigenvalue weighted by Gasteiger charge is 2.51.